The molecule has 2 unspecified atom stereocenters. The van der Waals surface area contributed by atoms with Gasteiger partial charge in [0.05, 0.1) is 52.7 Å². The van der Waals surface area contributed by atoms with Gasteiger partial charge in [0.25, 0.3) is 0 Å². The second kappa shape index (κ2) is 47.3. The zero-order valence-electron chi connectivity index (χ0n) is 82.8. The number of nitrogens with one attached hydrogen (secondary N) is 3. The molecule has 10 aliphatic rings. The van der Waals surface area contributed by atoms with Gasteiger partial charge >= 0.3 is 36.8 Å². The van der Waals surface area contributed by atoms with Crippen molar-refractivity contribution in [1.82, 2.24) is 60.6 Å². The fraction of sp³-hybridized carbons (Fsp3) is 0.673. The Bertz CT molecular complexity index is 5370. The number of carbonyl (C=O) groups is 6. The van der Waals surface area contributed by atoms with Crippen molar-refractivity contribution in [2.45, 2.75) is 329 Å². The third kappa shape index (κ3) is 28.6. The van der Waals surface area contributed by atoms with Gasteiger partial charge in [0.2, 0.25) is 35.4 Å². The summed E-state index contributed by atoms with van der Waals surface area (Å²) in [4.78, 5) is 151. The number of fused-ring (bicyclic) bond motifs is 17. The molecule has 3 N–H and O–H groups in total. The number of alkyl halides is 9. The smallest absolute Gasteiger partial charge is 0.422 e. The van der Waals surface area contributed by atoms with Crippen molar-refractivity contribution in [3.8, 4) is 34.9 Å². The number of carbonyl (C=O) groups excluding carboxylic acids is 9. The van der Waals surface area contributed by atoms with Gasteiger partial charge in [-0.15, -0.1) is 0 Å². The molecule has 7 fully saturated rings. The van der Waals surface area contributed by atoms with E-state index in [-0.39, 0.29) is 146 Å². The molecule has 3 radical (unpaired) electrons. The number of ether oxygens (including phenoxy) is 9. The minimum Gasteiger partial charge on any atom is -0.540 e. The van der Waals surface area contributed by atoms with Crippen LogP contribution in [0.25, 0.3) is 33.1 Å². The Balaban J connectivity index is 0.000000203. The van der Waals surface area contributed by atoms with Crippen LogP contribution in [0.1, 0.15) is 236 Å². The maximum Gasteiger partial charge on any atom is 0.422 e. The fourth-order valence-corrected chi connectivity index (χ4v) is 21.1. The van der Waals surface area contributed by atoms with Gasteiger partial charge in [-0.2, -0.15) is 39.5 Å². The van der Waals surface area contributed by atoms with Crippen LogP contribution >= 0.6 is 0 Å². The van der Waals surface area contributed by atoms with Crippen LogP contribution in [0.4, 0.5) is 53.9 Å². The number of nitrogens with zero attached hydrogens (tertiary/aromatic N) is 9. The molecular formula is C101H128F9N12O18V3-3. The maximum atomic E-state index is 14.2. The number of hydrogen-bond donors (Lipinski definition) is 3. The van der Waals surface area contributed by atoms with E-state index in [4.69, 9.17) is 67.6 Å². The van der Waals surface area contributed by atoms with Crippen LogP contribution in [0.3, 0.4) is 0 Å². The second-order valence-corrected chi connectivity index (χ2v) is 42.6. The molecule has 6 aromatic rings. The summed E-state index contributed by atoms with van der Waals surface area (Å²) < 4.78 is 167. The largest absolute Gasteiger partial charge is 0.540 e. The molecule has 0 spiro atoms. The van der Waals surface area contributed by atoms with E-state index < -0.39 is 169 Å². The Morgan fingerprint density at radius 2 is 0.762 bits per heavy atom. The fourth-order valence-electron chi connectivity index (χ4n) is 21.1. The molecule has 4 aliphatic carbocycles. The number of halogens is 9. The van der Waals surface area contributed by atoms with Gasteiger partial charge < -0.3 is 87.7 Å². The molecule has 3 saturated heterocycles. The number of benzene rings is 3. The van der Waals surface area contributed by atoms with Crippen molar-refractivity contribution in [1.29, 1.82) is 0 Å². The second-order valence-electron chi connectivity index (χ2n) is 42.6. The first kappa shape index (κ1) is 114. The molecule has 20 atom stereocenters. The van der Waals surface area contributed by atoms with Crippen LogP contribution in [0.15, 0.2) is 54.6 Å². The quantitative estimate of drug-likeness (QED) is 0.0616. The van der Waals surface area contributed by atoms with Crippen molar-refractivity contribution in [3.63, 3.8) is 0 Å². The van der Waals surface area contributed by atoms with Gasteiger partial charge in [-0.1, -0.05) is 153 Å². The van der Waals surface area contributed by atoms with Crippen LogP contribution in [0.2, 0.25) is 0 Å². The first-order valence-corrected chi connectivity index (χ1v) is 49.1. The Morgan fingerprint density at radius 3 is 1.15 bits per heavy atom. The Hall–Kier alpha value is -9.17. The van der Waals surface area contributed by atoms with E-state index in [0.717, 1.165) is 116 Å². The summed E-state index contributed by atoms with van der Waals surface area (Å²) in [6.45, 7) is 19.8. The van der Waals surface area contributed by atoms with Crippen molar-refractivity contribution in [2.24, 2.45) is 63.6 Å². The number of rotatable bonds is 11. The van der Waals surface area contributed by atoms with Crippen molar-refractivity contribution < 1.29 is 181 Å². The molecule has 42 heteroatoms. The van der Waals surface area contributed by atoms with Gasteiger partial charge in [-0.25, -0.2) is 63.1 Å². The number of amides is 6. The Kier molecular flexibility index (Phi) is 37.8. The van der Waals surface area contributed by atoms with E-state index in [1.807, 2.05) is 95.7 Å². The van der Waals surface area contributed by atoms with E-state index in [1.165, 1.54) is 51.1 Å². The van der Waals surface area contributed by atoms with E-state index in [0.29, 0.717) is 88.6 Å². The normalized spacial score (nSPS) is 29.1. The topological polar surface area (TPSA) is 360 Å². The Morgan fingerprint density at radius 1 is 0.406 bits per heavy atom. The van der Waals surface area contributed by atoms with E-state index in [1.54, 1.807) is 25.1 Å². The number of aromatic nitrogens is 6. The molecule has 3 aromatic carbocycles. The van der Waals surface area contributed by atoms with Gasteiger partial charge in [-0.3, -0.25) is 14.4 Å². The van der Waals surface area contributed by atoms with Crippen molar-refractivity contribution >= 4 is 88.0 Å². The molecule has 6 amide bonds. The minimum absolute atomic E-state index is 0. The zero-order valence-corrected chi connectivity index (χ0v) is 87.0. The summed E-state index contributed by atoms with van der Waals surface area (Å²) in [6, 6.07) is 7.42. The van der Waals surface area contributed by atoms with Gasteiger partial charge in [0, 0.05) is 73.9 Å². The van der Waals surface area contributed by atoms with Crippen molar-refractivity contribution in [2.75, 3.05) is 39.5 Å². The summed E-state index contributed by atoms with van der Waals surface area (Å²) >= 11 is 0. The average molecular weight is 2120 g/mol. The number of aryl methyl sites for hydroxylation is 3. The molecule has 781 valence electrons. The van der Waals surface area contributed by atoms with Crippen LogP contribution in [-0.2, 0) is 118 Å². The van der Waals surface area contributed by atoms with E-state index >= 15 is 0 Å². The zero-order chi connectivity index (χ0) is 101. The molecule has 3 aromatic heterocycles. The molecule has 6 bridgehead atoms. The van der Waals surface area contributed by atoms with Gasteiger partial charge in [0.15, 0.2) is 19.8 Å². The first-order valence-electron chi connectivity index (χ1n) is 49.1. The molecule has 143 heavy (non-hydrogen) atoms. The minimum atomic E-state index is -4.50. The number of alkyl carbamates (subject to hydrolysis) is 3. The van der Waals surface area contributed by atoms with E-state index in [2.05, 4.69) is 27.2 Å². The molecule has 4 saturated carbocycles. The third-order valence-corrected chi connectivity index (χ3v) is 29.0. The third-order valence-electron chi connectivity index (χ3n) is 29.0. The molecule has 16 rings (SSSR count). The predicted octanol–water partition coefficient (Wildman–Crippen LogP) is 17.3. The average Bonchev–Trinajstić information content (AvgIpc) is 1.60. The predicted molar refractivity (Wildman–Crippen MR) is 493 cm³/mol. The monoisotopic (exact) mass is 2120 g/mol. The molecule has 9 heterocycles. The van der Waals surface area contributed by atoms with Crippen LogP contribution in [-0.4, -0.2) is 230 Å². The first-order chi connectivity index (χ1) is 66.1. The maximum absolute atomic E-state index is 14.2. The van der Waals surface area contributed by atoms with Crippen molar-refractivity contribution in [3.05, 3.63) is 71.7 Å². The Labute approximate surface area is 862 Å². The standard InChI is InChI=1S/C35H44F3N4O6.C35H46F3N4O6.C31H38F3N4O6.3V/c1-5-21-27(17-43)42-16-29(21)47-31-25(39-24-12-11-20(15-26(24)40-31)46-18-35(36,37)38)10-8-6-7-9-22-23-13-19(23)14-28(22)48-33(45)41-30(32(42)44)34(2,3)4;1-6-23-27(19-43)42-18-28(23)47-30-25(39-24-15-14-22(17-26(24)40-30)46-20-35(36,37)38)13-9-7-8-11-21-12-10-16-34(21,5)48-32(45)41-29(31(42)44)33(2,3)4;1-17-23(15-39)38-14-25(17)43-27-21(35-20-11-10-19(13-22(20)36-27)42-16-31(32,33)34)9-7-5-6-8-18-12-24(18)44-29(41)37-26(28(38)40)30(2,3)4;;;/h11-12,15,19,21-23,27-30H,5-10,13-14,16,18H2,1-4H3,(H,41,45);14-15,17,21,23,27-29H,6-13,16,18,20H2,1-5H3,(H,41,45);10-11,13,17-18,23-26H,5-9,12,14,16H2,1-4H3,(H,37,41);;;/q3*-1;;;/t19?,21-,22+,23?,27+,28+,29-,30+;21-,23+,27-,28+,29-,34-;17-,18+,23+,24+,25-,26+;;;/m010.../s1. The van der Waals surface area contributed by atoms with Gasteiger partial charge in [-0.05, 0) is 203 Å². The summed E-state index contributed by atoms with van der Waals surface area (Å²) in [6.07, 6.45) is 6.81. The van der Waals surface area contributed by atoms with Gasteiger partial charge in [0.1, 0.15) is 88.6 Å². The molecule has 30 nitrogen and oxygen atoms in total. The van der Waals surface area contributed by atoms with Crippen LogP contribution < -0.4 is 44.4 Å². The molecular weight excluding hydrogens is 1990 g/mol. The summed E-state index contributed by atoms with van der Waals surface area (Å²) in [5.41, 5.74) is 1.34. The summed E-state index contributed by atoms with van der Waals surface area (Å²) in [7, 11) is 0. The SMILES string of the molecule is CC[C@@H]1[C@@H]2CN(C(=O)[C@H](C(C)(C)C)NC(=O)O[C@@H]3CC4CC4[C@H]3CCCCCc3nc4ccc(OCC(F)(F)F)cc4nc3O2)[C@@H]1[C-]=O.CC[C@@H]1[C@@H]2CN(C(=O)[C@H](C(C)(C)C)NC(=O)O[C@]3(C)CCC[C@H]3CCCCCc3nc4ccc(OCC(F)(F)F)cc4nc3O2)[C@@H]1[C-]=O.C[C@@H]1[C@@H]2CN(C(=O)[C@H](C(C)(C)C)NC(=O)O[C@@H]3C[C@H]3CCCCCc3nc4ccc(OCC(F)(F)F)cc4nc3O2)[C@@H]1[C-]=O.[V].[V].[V]. The number of hydrogen-bond acceptors (Lipinski definition) is 24. The molecule has 6 aliphatic heterocycles. The van der Waals surface area contributed by atoms with Crippen LogP contribution in [0.5, 0.6) is 34.9 Å². The van der Waals surface area contributed by atoms with E-state index in [9.17, 15) is 82.7 Å². The summed E-state index contributed by atoms with van der Waals surface area (Å²) in [5.74, 6) is -0.235. The summed E-state index contributed by atoms with van der Waals surface area (Å²) in [5, 5.41) is 8.43. The van der Waals surface area contributed by atoms with Crippen LogP contribution in [0, 0.1) is 63.6 Å².